The van der Waals surface area contributed by atoms with Crippen molar-refractivity contribution in [3.8, 4) is 5.75 Å². The van der Waals surface area contributed by atoms with E-state index in [1.54, 1.807) is 7.11 Å². The van der Waals surface area contributed by atoms with Crippen LogP contribution in [0.1, 0.15) is 42.9 Å². The second-order valence-corrected chi connectivity index (χ2v) is 7.40. The smallest absolute Gasteiger partial charge is 0.224 e. The first-order valence-corrected chi connectivity index (χ1v) is 9.86. The maximum atomic E-state index is 12.2. The van der Waals surface area contributed by atoms with Gasteiger partial charge in [-0.15, -0.1) is 0 Å². The molecule has 1 aliphatic rings. The summed E-state index contributed by atoms with van der Waals surface area (Å²) in [6.45, 7) is 5.09. The Hall–Kier alpha value is -2.33. The minimum Gasteiger partial charge on any atom is -0.496 e. The lowest BCUT2D eigenvalue weighted by Crippen LogP contribution is -2.36. The van der Waals surface area contributed by atoms with Crippen LogP contribution in [0.25, 0.3) is 0 Å². The Morgan fingerprint density at radius 3 is 2.59 bits per heavy atom. The first-order chi connectivity index (χ1) is 13.2. The van der Waals surface area contributed by atoms with Gasteiger partial charge in [-0.05, 0) is 43.5 Å². The average molecular weight is 367 g/mol. The average Bonchev–Trinajstić information content (AvgIpc) is 2.69. The molecule has 1 N–H and O–H groups in total. The summed E-state index contributed by atoms with van der Waals surface area (Å²) in [5.41, 5.74) is 3.37. The zero-order valence-electron chi connectivity index (χ0n) is 16.4. The molecule has 0 aromatic heterocycles. The van der Waals surface area contributed by atoms with Gasteiger partial charge in [0, 0.05) is 24.7 Å². The number of benzene rings is 2. The van der Waals surface area contributed by atoms with Crippen molar-refractivity contribution in [3.05, 3.63) is 65.2 Å². The highest BCUT2D eigenvalue weighted by atomic mass is 16.5. The molecule has 1 saturated heterocycles. The van der Waals surface area contributed by atoms with Gasteiger partial charge in [-0.2, -0.15) is 0 Å². The van der Waals surface area contributed by atoms with E-state index in [0.29, 0.717) is 19.0 Å². The van der Waals surface area contributed by atoms with Crippen molar-refractivity contribution in [2.75, 3.05) is 13.7 Å². The van der Waals surface area contributed by atoms with Crippen molar-refractivity contribution in [2.24, 2.45) is 0 Å². The van der Waals surface area contributed by atoms with Crippen LogP contribution in [0.5, 0.6) is 5.75 Å². The van der Waals surface area contributed by atoms with Crippen LogP contribution in [0.15, 0.2) is 48.5 Å². The maximum Gasteiger partial charge on any atom is 0.224 e. The third-order valence-corrected chi connectivity index (χ3v) is 5.38. The third kappa shape index (κ3) is 5.57. The Morgan fingerprint density at radius 2 is 1.85 bits per heavy atom. The van der Waals surface area contributed by atoms with Crippen LogP contribution >= 0.6 is 0 Å². The van der Waals surface area contributed by atoms with Crippen LogP contribution in [0.2, 0.25) is 0 Å². The Balaban J connectivity index is 1.49. The van der Waals surface area contributed by atoms with Crippen LogP contribution in [0.4, 0.5) is 0 Å². The van der Waals surface area contributed by atoms with Gasteiger partial charge in [0.25, 0.3) is 0 Å². The number of nitrogens with zero attached hydrogens (tertiary/aromatic N) is 1. The summed E-state index contributed by atoms with van der Waals surface area (Å²) >= 11 is 0. The van der Waals surface area contributed by atoms with Crippen LogP contribution in [0.3, 0.4) is 0 Å². The van der Waals surface area contributed by atoms with E-state index in [4.69, 9.17) is 4.74 Å². The van der Waals surface area contributed by atoms with E-state index >= 15 is 0 Å². The summed E-state index contributed by atoms with van der Waals surface area (Å²) in [6, 6.07) is 16.9. The lowest BCUT2D eigenvalue weighted by Gasteiger charge is -2.33. The minimum atomic E-state index is 0.00529. The first-order valence-electron chi connectivity index (χ1n) is 9.86. The van der Waals surface area contributed by atoms with Crippen molar-refractivity contribution in [1.29, 1.82) is 0 Å². The van der Waals surface area contributed by atoms with Crippen LogP contribution in [0, 0.1) is 0 Å². The quantitative estimate of drug-likeness (QED) is 0.807. The summed E-state index contributed by atoms with van der Waals surface area (Å²) in [4.78, 5) is 14.8. The van der Waals surface area contributed by atoms with Crippen LogP contribution in [-0.4, -0.2) is 30.5 Å². The summed E-state index contributed by atoms with van der Waals surface area (Å²) < 4.78 is 5.31. The van der Waals surface area contributed by atoms with E-state index in [1.807, 2.05) is 24.3 Å². The first kappa shape index (κ1) is 19.4. The number of methoxy groups -OCH3 is 1. The molecule has 1 fully saturated rings. The number of likely N-dealkylation sites (tertiary alicyclic amines) is 1. The van der Waals surface area contributed by atoms with Crippen molar-refractivity contribution >= 4 is 5.91 Å². The van der Waals surface area contributed by atoms with Gasteiger partial charge in [-0.3, -0.25) is 9.69 Å². The summed E-state index contributed by atoms with van der Waals surface area (Å²) in [5, 5.41) is 3.00. The number of nitrogens with one attached hydrogen (secondary N) is 1. The second-order valence-electron chi connectivity index (χ2n) is 7.40. The number of piperidine rings is 1. The monoisotopic (exact) mass is 366 g/mol. The number of rotatable bonds is 7. The topological polar surface area (TPSA) is 41.6 Å². The van der Waals surface area contributed by atoms with Crippen molar-refractivity contribution < 1.29 is 9.53 Å². The van der Waals surface area contributed by atoms with Crippen molar-refractivity contribution in [2.45, 2.75) is 51.7 Å². The predicted molar refractivity (Wildman–Crippen MR) is 109 cm³/mol. The number of carbonyl (C=O) groups excluding carboxylic acids is 1. The molecule has 0 saturated carbocycles. The highest BCUT2D eigenvalue weighted by Crippen LogP contribution is 2.20. The Labute approximate surface area is 162 Å². The fourth-order valence-corrected chi connectivity index (χ4v) is 3.67. The van der Waals surface area contributed by atoms with E-state index in [0.717, 1.165) is 23.4 Å². The number of ether oxygens (including phenoxy) is 1. The highest BCUT2D eigenvalue weighted by molar-refractivity contribution is 5.79. The molecular formula is C23H30N2O2. The molecule has 0 bridgehead atoms. The lowest BCUT2D eigenvalue weighted by molar-refractivity contribution is -0.120. The van der Waals surface area contributed by atoms with Crippen LogP contribution < -0.4 is 10.1 Å². The molecular weight excluding hydrogens is 336 g/mol. The lowest BCUT2D eigenvalue weighted by atomic mass is 10.0. The molecule has 3 rings (SSSR count). The highest BCUT2D eigenvalue weighted by Gasteiger charge is 2.17. The molecule has 0 aliphatic carbocycles. The number of hydrogen-bond acceptors (Lipinski definition) is 3. The normalized spacial score (nSPS) is 17.5. The van der Waals surface area contributed by atoms with Gasteiger partial charge in [-0.25, -0.2) is 0 Å². The van der Waals surface area contributed by atoms with Gasteiger partial charge in [0.2, 0.25) is 5.91 Å². The molecule has 1 aliphatic heterocycles. The number of carbonyl (C=O) groups is 1. The van der Waals surface area contributed by atoms with Gasteiger partial charge in [0.1, 0.15) is 5.75 Å². The second kappa shape index (κ2) is 9.56. The van der Waals surface area contributed by atoms with E-state index in [-0.39, 0.29) is 5.91 Å². The number of hydrogen-bond donors (Lipinski definition) is 1. The van der Waals surface area contributed by atoms with Gasteiger partial charge in [0.15, 0.2) is 0 Å². The SMILES string of the molecule is COc1ccccc1CC(=O)NCc1ccc(CN2CCCCC2C)cc1. The zero-order valence-corrected chi connectivity index (χ0v) is 16.4. The van der Waals surface area contributed by atoms with Gasteiger partial charge in [-0.1, -0.05) is 48.9 Å². The Morgan fingerprint density at radius 1 is 1.11 bits per heavy atom. The van der Waals surface area contributed by atoms with Crippen LogP contribution in [-0.2, 0) is 24.3 Å². The molecule has 0 spiro atoms. The minimum absolute atomic E-state index is 0.00529. The zero-order chi connectivity index (χ0) is 19.1. The van der Waals surface area contributed by atoms with E-state index in [2.05, 4.69) is 41.4 Å². The maximum absolute atomic E-state index is 12.2. The fraction of sp³-hybridized carbons (Fsp3) is 0.435. The molecule has 4 heteroatoms. The Bertz CT molecular complexity index is 742. The molecule has 2 aromatic rings. The molecule has 0 radical (unpaired) electrons. The Kier molecular flexibility index (Phi) is 6.88. The number of para-hydroxylation sites is 1. The molecule has 4 nitrogen and oxygen atoms in total. The molecule has 1 heterocycles. The summed E-state index contributed by atoms with van der Waals surface area (Å²) in [7, 11) is 1.63. The third-order valence-electron chi connectivity index (χ3n) is 5.38. The molecule has 2 aromatic carbocycles. The molecule has 1 unspecified atom stereocenters. The molecule has 27 heavy (non-hydrogen) atoms. The van der Waals surface area contributed by atoms with Gasteiger partial charge < -0.3 is 10.1 Å². The molecule has 144 valence electrons. The largest absolute Gasteiger partial charge is 0.496 e. The standard InChI is InChI=1S/C23H30N2O2/c1-18-7-5-6-14-25(18)17-20-12-10-19(11-13-20)16-24-23(26)15-21-8-3-4-9-22(21)27-2/h3-4,8-13,18H,5-7,14-17H2,1-2H3,(H,24,26). The fourth-order valence-electron chi connectivity index (χ4n) is 3.67. The van der Waals surface area contributed by atoms with Gasteiger partial charge in [0.05, 0.1) is 13.5 Å². The predicted octanol–water partition coefficient (Wildman–Crippen LogP) is 3.93. The molecule has 1 atom stereocenters. The summed E-state index contributed by atoms with van der Waals surface area (Å²) in [6.07, 6.45) is 4.29. The van der Waals surface area contributed by atoms with E-state index < -0.39 is 0 Å². The van der Waals surface area contributed by atoms with Crippen molar-refractivity contribution in [3.63, 3.8) is 0 Å². The number of amides is 1. The summed E-state index contributed by atoms with van der Waals surface area (Å²) in [5.74, 6) is 0.759. The van der Waals surface area contributed by atoms with E-state index in [9.17, 15) is 4.79 Å². The molecule has 1 amide bonds. The van der Waals surface area contributed by atoms with Crippen molar-refractivity contribution in [1.82, 2.24) is 10.2 Å². The van der Waals surface area contributed by atoms with E-state index in [1.165, 1.54) is 31.4 Å². The van der Waals surface area contributed by atoms with Gasteiger partial charge >= 0.3 is 0 Å².